The molecule has 1 unspecified atom stereocenters. The van der Waals surface area contributed by atoms with Gasteiger partial charge in [-0.25, -0.2) is 0 Å². The molecule has 8 nitrogen and oxygen atoms in total. The second kappa shape index (κ2) is 9.61. The molecule has 0 radical (unpaired) electrons. The van der Waals surface area contributed by atoms with Gasteiger partial charge in [-0.15, -0.1) is 0 Å². The Bertz CT molecular complexity index is 1160. The quantitative estimate of drug-likeness (QED) is 0.430. The van der Waals surface area contributed by atoms with E-state index in [0.29, 0.717) is 48.9 Å². The molecular formula is C24H26N3NaO5S. The van der Waals surface area contributed by atoms with E-state index in [0.717, 1.165) is 29.4 Å². The summed E-state index contributed by atoms with van der Waals surface area (Å²) >= 11 is 0. The fourth-order valence-electron chi connectivity index (χ4n) is 4.52. The predicted molar refractivity (Wildman–Crippen MR) is 120 cm³/mol. The van der Waals surface area contributed by atoms with E-state index in [9.17, 15) is 4.21 Å². The first-order valence-electron chi connectivity index (χ1n) is 11.3. The molecule has 1 aromatic carbocycles. The average molecular weight is 492 g/mol. The Hall–Kier alpha value is -1.33. The third-order valence-corrected chi connectivity index (χ3v) is 8.05. The summed E-state index contributed by atoms with van der Waals surface area (Å²) in [5.74, 6) is 0.439. The van der Waals surface area contributed by atoms with Gasteiger partial charge in [0.2, 0.25) is 0 Å². The number of aromatic nitrogens is 3. The molecule has 2 bridgehead atoms. The fourth-order valence-corrected chi connectivity index (χ4v) is 5.59. The molecule has 0 N–H and O–H groups in total. The largest absolute Gasteiger partial charge is 1.00 e. The van der Waals surface area contributed by atoms with Gasteiger partial charge in [0.1, 0.15) is 12.4 Å². The number of hydrogen-bond acceptors (Lipinski definition) is 7. The van der Waals surface area contributed by atoms with E-state index < -0.39 is 16.8 Å². The van der Waals surface area contributed by atoms with Gasteiger partial charge in [0.05, 0.1) is 47.5 Å². The maximum Gasteiger partial charge on any atom is 1.00 e. The van der Waals surface area contributed by atoms with Gasteiger partial charge >= 0.3 is 29.6 Å². The SMILES string of the molecule is Cc1c(OCC23COC(C4CCC4)(OC2)OC3)ccnc1CS(=O)c1nc2ccccc2[n-]1.[Na+]. The van der Waals surface area contributed by atoms with Gasteiger partial charge in [-0.05, 0) is 36.9 Å². The van der Waals surface area contributed by atoms with Crippen LogP contribution in [0.2, 0.25) is 0 Å². The van der Waals surface area contributed by atoms with E-state index in [4.69, 9.17) is 18.9 Å². The molecule has 1 atom stereocenters. The van der Waals surface area contributed by atoms with Gasteiger partial charge in [-0.3, -0.25) is 9.19 Å². The van der Waals surface area contributed by atoms with Crippen LogP contribution in [0.3, 0.4) is 0 Å². The van der Waals surface area contributed by atoms with Gasteiger partial charge in [0.15, 0.2) is 0 Å². The van der Waals surface area contributed by atoms with E-state index in [1.807, 2.05) is 37.3 Å². The van der Waals surface area contributed by atoms with Crippen molar-refractivity contribution in [3.05, 3.63) is 47.8 Å². The Kier molecular flexibility index (Phi) is 6.89. The van der Waals surface area contributed by atoms with Crippen molar-refractivity contribution in [1.29, 1.82) is 0 Å². The fraction of sp³-hybridized carbons (Fsp3) is 0.500. The summed E-state index contributed by atoms with van der Waals surface area (Å²) in [4.78, 5) is 13.2. The van der Waals surface area contributed by atoms with Crippen LogP contribution in [-0.2, 0) is 30.8 Å². The predicted octanol–water partition coefficient (Wildman–Crippen LogP) is 0.103. The minimum absolute atomic E-state index is 0. The molecule has 3 aliphatic heterocycles. The zero-order chi connectivity index (χ0) is 22.5. The van der Waals surface area contributed by atoms with Crippen LogP contribution in [0.1, 0.15) is 30.5 Å². The van der Waals surface area contributed by atoms with Crippen molar-refractivity contribution >= 4 is 21.8 Å². The van der Waals surface area contributed by atoms with Crippen LogP contribution in [-0.4, -0.2) is 46.6 Å². The van der Waals surface area contributed by atoms with Gasteiger partial charge in [-0.2, -0.15) is 0 Å². The first-order valence-corrected chi connectivity index (χ1v) is 12.6. The summed E-state index contributed by atoms with van der Waals surface area (Å²) in [5.41, 5.74) is 2.73. The molecule has 174 valence electrons. The number of imidazole rings is 1. The Labute approximate surface area is 222 Å². The molecule has 10 heteroatoms. The van der Waals surface area contributed by atoms with Gasteiger partial charge < -0.3 is 28.9 Å². The number of benzene rings is 1. The van der Waals surface area contributed by atoms with E-state index in [2.05, 4.69) is 15.0 Å². The van der Waals surface area contributed by atoms with Gasteiger partial charge in [0.25, 0.3) is 5.97 Å². The molecule has 3 saturated heterocycles. The van der Waals surface area contributed by atoms with Crippen molar-refractivity contribution in [2.24, 2.45) is 11.3 Å². The molecule has 2 aromatic heterocycles. The second-order valence-electron chi connectivity index (χ2n) is 9.25. The molecule has 1 saturated carbocycles. The van der Waals surface area contributed by atoms with Gasteiger partial charge in [-0.1, -0.05) is 30.7 Å². The third kappa shape index (κ3) is 4.36. The summed E-state index contributed by atoms with van der Waals surface area (Å²) in [6.07, 6.45) is 5.08. The molecule has 34 heavy (non-hydrogen) atoms. The minimum atomic E-state index is -1.40. The van der Waals surface area contributed by atoms with Crippen molar-refractivity contribution in [2.45, 2.75) is 43.1 Å². The second-order valence-corrected chi connectivity index (χ2v) is 10.6. The molecule has 3 aromatic rings. The van der Waals surface area contributed by atoms with Crippen LogP contribution in [0.15, 0.2) is 41.7 Å². The first kappa shape index (κ1) is 24.4. The summed E-state index contributed by atoms with van der Waals surface area (Å²) in [5, 5.41) is 0.327. The first-order chi connectivity index (χ1) is 16.1. The molecule has 7 rings (SSSR count). The monoisotopic (exact) mass is 491 g/mol. The summed E-state index contributed by atoms with van der Waals surface area (Å²) in [7, 11) is -1.40. The summed E-state index contributed by atoms with van der Waals surface area (Å²) in [6.45, 7) is 4.03. The molecule has 4 fully saturated rings. The Morgan fingerprint density at radius 3 is 2.56 bits per heavy atom. The maximum absolute atomic E-state index is 12.9. The van der Waals surface area contributed by atoms with Crippen molar-refractivity contribution in [3.63, 3.8) is 0 Å². The number of rotatable bonds is 7. The standard InChI is InChI=1S/C24H26N3O5S.Na/c1-16-20(11-33(28)22-26-18-7-2-3-8-19(18)27-22)25-10-9-21(16)29-12-23-13-30-24(31-14-23,32-15-23)17-5-4-6-17;/h2-3,7-10,17H,4-6,11-15H2,1H3;/q-1;+1. The summed E-state index contributed by atoms with van der Waals surface area (Å²) < 4.78 is 37.3. The summed E-state index contributed by atoms with van der Waals surface area (Å²) in [6, 6.07) is 9.35. The number of para-hydroxylation sites is 2. The zero-order valence-electron chi connectivity index (χ0n) is 19.5. The number of pyridine rings is 1. The van der Waals surface area contributed by atoms with E-state index in [-0.39, 0.29) is 40.7 Å². The van der Waals surface area contributed by atoms with Gasteiger partial charge in [0, 0.05) is 22.8 Å². The molecule has 0 spiro atoms. The number of nitrogens with zero attached hydrogens (tertiary/aromatic N) is 3. The van der Waals surface area contributed by atoms with Crippen LogP contribution in [0, 0.1) is 18.3 Å². The zero-order valence-corrected chi connectivity index (χ0v) is 22.3. The van der Waals surface area contributed by atoms with Crippen LogP contribution in [0.25, 0.3) is 11.0 Å². The van der Waals surface area contributed by atoms with E-state index in [1.165, 1.54) is 6.42 Å². The molecular weight excluding hydrogens is 465 g/mol. The van der Waals surface area contributed by atoms with Crippen molar-refractivity contribution in [3.8, 4) is 5.75 Å². The Morgan fingerprint density at radius 2 is 1.88 bits per heavy atom. The van der Waals surface area contributed by atoms with Crippen molar-refractivity contribution in [1.82, 2.24) is 15.0 Å². The number of ether oxygens (including phenoxy) is 4. The minimum Gasteiger partial charge on any atom is -0.492 e. The Balaban J connectivity index is 0.00000241. The van der Waals surface area contributed by atoms with Crippen LogP contribution in [0.4, 0.5) is 0 Å². The Morgan fingerprint density at radius 1 is 1.15 bits per heavy atom. The molecule has 0 amide bonds. The number of hydrogen-bond donors (Lipinski definition) is 0. The molecule has 1 aliphatic carbocycles. The van der Waals surface area contributed by atoms with Crippen molar-refractivity contribution in [2.75, 3.05) is 26.4 Å². The van der Waals surface area contributed by atoms with Crippen LogP contribution in [0.5, 0.6) is 5.75 Å². The van der Waals surface area contributed by atoms with Crippen LogP contribution >= 0.6 is 0 Å². The molecule has 4 aliphatic rings. The smallest absolute Gasteiger partial charge is 0.492 e. The average Bonchev–Trinajstić information content (AvgIpc) is 3.24. The van der Waals surface area contributed by atoms with E-state index in [1.54, 1.807) is 6.20 Å². The third-order valence-electron chi connectivity index (χ3n) is 6.92. The number of fused-ring (bicyclic) bond motifs is 4. The van der Waals surface area contributed by atoms with E-state index >= 15 is 0 Å². The molecule has 5 heterocycles. The van der Waals surface area contributed by atoms with Crippen LogP contribution < -0.4 is 39.3 Å². The maximum atomic E-state index is 12.9. The van der Waals surface area contributed by atoms with Crippen molar-refractivity contribution < 1.29 is 52.7 Å². The normalized spacial score (nSPS) is 27.2. The topological polar surface area (TPSA) is 93.9 Å².